The summed E-state index contributed by atoms with van der Waals surface area (Å²) in [6.45, 7) is 0.548. The van der Waals surface area contributed by atoms with Crippen LogP contribution < -0.4 is 9.47 Å². The van der Waals surface area contributed by atoms with Gasteiger partial charge < -0.3 is 9.47 Å². The van der Waals surface area contributed by atoms with Crippen molar-refractivity contribution in [1.29, 1.82) is 0 Å². The van der Waals surface area contributed by atoms with Crippen molar-refractivity contribution in [2.24, 2.45) is 0 Å². The highest BCUT2D eigenvalue weighted by Gasteiger charge is 2.35. The Bertz CT molecular complexity index is 1530. The number of thioether (sulfide) groups is 1. The predicted molar refractivity (Wildman–Crippen MR) is 152 cm³/mol. The van der Waals surface area contributed by atoms with E-state index in [1.165, 1.54) is 4.90 Å². The Labute approximate surface area is 232 Å². The Morgan fingerprint density at radius 2 is 1.76 bits per heavy atom. The molecule has 186 valence electrons. The molecule has 0 radical (unpaired) electrons. The number of carbonyl (C=O) groups excluding carboxylic acids is 2. The lowest BCUT2D eigenvalue weighted by atomic mass is 10.0. The van der Waals surface area contributed by atoms with Gasteiger partial charge in [0, 0.05) is 5.02 Å². The van der Waals surface area contributed by atoms with E-state index in [1.54, 1.807) is 19.3 Å². The van der Waals surface area contributed by atoms with Gasteiger partial charge in [0.2, 0.25) is 0 Å². The number of ether oxygens (including phenoxy) is 2. The van der Waals surface area contributed by atoms with Gasteiger partial charge in [-0.2, -0.15) is 0 Å². The first kappa shape index (κ1) is 25.4. The summed E-state index contributed by atoms with van der Waals surface area (Å²) in [5.41, 5.74) is 2.59. The zero-order chi connectivity index (χ0) is 25.9. The van der Waals surface area contributed by atoms with Crippen molar-refractivity contribution in [2.45, 2.75) is 13.2 Å². The number of rotatable bonds is 7. The number of imide groups is 1. The van der Waals surface area contributed by atoms with Crippen molar-refractivity contribution >= 4 is 67.3 Å². The summed E-state index contributed by atoms with van der Waals surface area (Å²) < 4.78 is 12.2. The standard InChI is InChI=1S/C29H21BrClNO4S/c1-35-25-14-19(13-24(30)27(25)36-17-18-9-11-22(31)12-10-18)15-26-28(33)32(29(34)37-26)16-21-7-4-6-20-5-2-3-8-23(20)21/h2-15H,16-17H2,1H3/b26-15-. The minimum absolute atomic E-state index is 0.216. The van der Waals surface area contributed by atoms with Gasteiger partial charge in [-0.05, 0) is 85.5 Å². The fourth-order valence-corrected chi connectivity index (χ4v) is 5.63. The Hall–Kier alpha value is -3.26. The third-order valence-electron chi connectivity index (χ3n) is 5.93. The molecule has 1 saturated heterocycles. The van der Waals surface area contributed by atoms with E-state index in [4.69, 9.17) is 21.1 Å². The van der Waals surface area contributed by atoms with Crippen molar-refractivity contribution < 1.29 is 19.1 Å². The molecule has 1 aliphatic rings. The van der Waals surface area contributed by atoms with Crippen LogP contribution in [0.4, 0.5) is 4.79 Å². The summed E-state index contributed by atoms with van der Waals surface area (Å²) in [7, 11) is 1.55. The van der Waals surface area contributed by atoms with Gasteiger partial charge in [-0.1, -0.05) is 66.2 Å². The Balaban J connectivity index is 1.36. The van der Waals surface area contributed by atoms with Crippen molar-refractivity contribution in [3.63, 3.8) is 0 Å². The van der Waals surface area contributed by atoms with E-state index in [2.05, 4.69) is 15.9 Å². The molecule has 0 saturated carbocycles. The van der Waals surface area contributed by atoms with E-state index in [0.29, 0.717) is 38.1 Å². The van der Waals surface area contributed by atoms with Gasteiger partial charge in [-0.3, -0.25) is 14.5 Å². The summed E-state index contributed by atoms with van der Waals surface area (Å²) in [6, 6.07) is 24.8. The lowest BCUT2D eigenvalue weighted by Gasteiger charge is -2.15. The second kappa shape index (κ2) is 11.0. The van der Waals surface area contributed by atoms with Crippen LogP contribution in [0.1, 0.15) is 16.7 Å². The molecule has 0 aromatic heterocycles. The third kappa shape index (κ3) is 5.54. The summed E-state index contributed by atoms with van der Waals surface area (Å²) in [4.78, 5) is 27.6. The number of amides is 2. The maximum atomic E-state index is 13.2. The maximum absolute atomic E-state index is 13.2. The van der Waals surface area contributed by atoms with Gasteiger partial charge in [0.1, 0.15) is 6.61 Å². The molecule has 1 fully saturated rings. The Kier molecular flexibility index (Phi) is 7.55. The molecule has 2 amide bonds. The molecule has 1 aliphatic heterocycles. The quantitative estimate of drug-likeness (QED) is 0.203. The van der Waals surface area contributed by atoms with E-state index in [9.17, 15) is 9.59 Å². The average molecular weight is 595 g/mol. The van der Waals surface area contributed by atoms with Crippen molar-refractivity contribution in [2.75, 3.05) is 7.11 Å². The smallest absolute Gasteiger partial charge is 0.293 e. The van der Waals surface area contributed by atoms with Crippen LogP contribution in [0, 0.1) is 0 Å². The molecule has 0 N–H and O–H groups in total. The molecule has 4 aromatic rings. The molecular formula is C29H21BrClNO4S. The molecule has 5 rings (SSSR count). The van der Waals surface area contributed by atoms with E-state index < -0.39 is 0 Å². The molecule has 0 atom stereocenters. The Morgan fingerprint density at radius 1 is 1.00 bits per heavy atom. The molecule has 0 unspecified atom stereocenters. The monoisotopic (exact) mass is 593 g/mol. The highest BCUT2D eigenvalue weighted by Crippen LogP contribution is 2.40. The first-order chi connectivity index (χ1) is 17.9. The fourth-order valence-electron chi connectivity index (χ4n) is 4.09. The Morgan fingerprint density at radius 3 is 2.54 bits per heavy atom. The number of fused-ring (bicyclic) bond motifs is 1. The second-order valence-corrected chi connectivity index (χ2v) is 10.6. The van der Waals surface area contributed by atoms with Crippen LogP contribution in [0.3, 0.4) is 0 Å². The van der Waals surface area contributed by atoms with E-state index in [-0.39, 0.29) is 17.7 Å². The minimum Gasteiger partial charge on any atom is -0.493 e. The first-order valence-electron chi connectivity index (χ1n) is 11.4. The van der Waals surface area contributed by atoms with Crippen LogP contribution in [0.15, 0.2) is 88.2 Å². The van der Waals surface area contributed by atoms with Crippen molar-refractivity contribution in [3.05, 3.63) is 110 Å². The van der Waals surface area contributed by atoms with E-state index in [1.807, 2.05) is 72.8 Å². The zero-order valence-electron chi connectivity index (χ0n) is 19.7. The molecule has 37 heavy (non-hydrogen) atoms. The number of hydrogen-bond acceptors (Lipinski definition) is 5. The molecule has 8 heteroatoms. The number of hydrogen-bond donors (Lipinski definition) is 0. The number of methoxy groups -OCH3 is 1. The van der Waals surface area contributed by atoms with Gasteiger partial charge in [-0.15, -0.1) is 0 Å². The maximum Gasteiger partial charge on any atom is 0.293 e. The van der Waals surface area contributed by atoms with E-state index >= 15 is 0 Å². The average Bonchev–Trinajstić information content (AvgIpc) is 3.16. The predicted octanol–water partition coefficient (Wildman–Crippen LogP) is 8.08. The topological polar surface area (TPSA) is 55.8 Å². The van der Waals surface area contributed by atoms with Crippen LogP contribution in [0.25, 0.3) is 16.8 Å². The van der Waals surface area contributed by atoms with Crippen LogP contribution >= 0.6 is 39.3 Å². The number of nitrogens with zero attached hydrogens (tertiary/aromatic N) is 1. The van der Waals surface area contributed by atoms with Gasteiger partial charge in [-0.25, -0.2) is 0 Å². The number of carbonyl (C=O) groups is 2. The van der Waals surface area contributed by atoms with Crippen LogP contribution in [-0.2, 0) is 17.9 Å². The van der Waals surface area contributed by atoms with Gasteiger partial charge in [0.25, 0.3) is 11.1 Å². The molecule has 4 aromatic carbocycles. The minimum atomic E-state index is -0.318. The summed E-state index contributed by atoms with van der Waals surface area (Å²) in [5, 5.41) is 2.46. The first-order valence-corrected chi connectivity index (χ1v) is 13.4. The van der Waals surface area contributed by atoms with Crippen LogP contribution in [-0.4, -0.2) is 23.2 Å². The largest absolute Gasteiger partial charge is 0.493 e. The van der Waals surface area contributed by atoms with Crippen molar-refractivity contribution in [3.8, 4) is 11.5 Å². The molecule has 0 bridgehead atoms. The van der Waals surface area contributed by atoms with Gasteiger partial charge in [0.15, 0.2) is 11.5 Å². The van der Waals surface area contributed by atoms with Crippen LogP contribution in [0.2, 0.25) is 5.02 Å². The lowest BCUT2D eigenvalue weighted by Crippen LogP contribution is -2.27. The summed E-state index contributed by atoms with van der Waals surface area (Å²) >= 11 is 10.4. The zero-order valence-corrected chi connectivity index (χ0v) is 22.9. The van der Waals surface area contributed by atoms with Gasteiger partial charge >= 0.3 is 0 Å². The van der Waals surface area contributed by atoms with Crippen molar-refractivity contribution in [1.82, 2.24) is 4.90 Å². The summed E-state index contributed by atoms with van der Waals surface area (Å²) in [6.07, 6.45) is 1.70. The number of halogens is 2. The van der Waals surface area contributed by atoms with E-state index in [0.717, 1.165) is 33.7 Å². The highest BCUT2D eigenvalue weighted by atomic mass is 79.9. The lowest BCUT2D eigenvalue weighted by molar-refractivity contribution is -0.123. The fraction of sp³-hybridized carbons (Fsp3) is 0.103. The van der Waals surface area contributed by atoms with Gasteiger partial charge in [0.05, 0.1) is 23.0 Å². The molecule has 0 aliphatic carbocycles. The second-order valence-electron chi connectivity index (χ2n) is 8.36. The highest BCUT2D eigenvalue weighted by molar-refractivity contribution is 9.10. The number of benzene rings is 4. The SMILES string of the molecule is COc1cc(/C=C2\SC(=O)N(Cc3cccc4ccccc34)C2=O)cc(Br)c1OCc1ccc(Cl)cc1. The molecule has 1 heterocycles. The third-order valence-corrected chi connectivity index (χ3v) is 7.68. The molecular weight excluding hydrogens is 574 g/mol. The molecule has 0 spiro atoms. The van der Waals surface area contributed by atoms with Crippen LogP contribution in [0.5, 0.6) is 11.5 Å². The normalized spacial score (nSPS) is 14.6. The summed E-state index contributed by atoms with van der Waals surface area (Å²) in [5.74, 6) is 0.726. The molecule has 5 nitrogen and oxygen atoms in total.